The summed E-state index contributed by atoms with van der Waals surface area (Å²) in [5, 5.41) is 3.75. The smallest absolute Gasteiger partial charge is 0.416 e. The van der Waals surface area contributed by atoms with Crippen LogP contribution in [0.1, 0.15) is 54.1 Å². The van der Waals surface area contributed by atoms with E-state index in [-0.39, 0.29) is 24.2 Å². The molecular formula is C28H26F3NO4. The maximum absolute atomic E-state index is 12.9. The second-order valence-electron chi connectivity index (χ2n) is 8.44. The average molecular weight is 498 g/mol. The maximum atomic E-state index is 12.9. The van der Waals surface area contributed by atoms with Gasteiger partial charge < -0.3 is 14.0 Å². The van der Waals surface area contributed by atoms with Gasteiger partial charge in [0.15, 0.2) is 0 Å². The van der Waals surface area contributed by atoms with E-state index in [0.717, 1.165) is 22.8 Å². The molecule has 0 fully saturated rings. The highest BCUT2D eigenvalue weighted by atomic mass is 19.4. The summed E-state index contributed by atoms with van der Waals surface area (Å²) in [4.78, 5) is 12.1. The van der Waals surface area contributed by atoms with Gasteiger partial charge in [-0.1, -0.05) is 59.8 Å². The summed E-state index contributed by atoms with van der Waals surface area (Å²) in [6.07, 6.45) is 1.63. The number of allylic oxidation sites excluding steroid dienone is 4. The topological polar surface area (TPSA) is 61.6 Å². The van der Waals surface area contributed by atoms with E-state index in [1.807, 2.05) is 48.5 Å². The molecule has 1 aromatic heterocycles. The summed E-state index contributed by atoms with van der Waals surface area (Å²) >= 11 is 0. The fourth-order valence-electron chi connectivity index (χ4n) is 4.13. The van der Waals surface area contributed by atoms with Crippen LogP contribution in [0.25, 0.3) is 0 Å². The first-order chi connectivity index (χ1) is 17.3. The van der Waals surface area contributed by atoms with Crippen LogP contribution in [-0.2, 0) is 16.1 Å². The van der Waals surface area contributed by atoms with E-state index in [4.69, 9.17) is 14.0 Å². The third-order valence-electron chi connectivity index (χ3n) is 5.97. The van der Waals surface area contributed by atoms with Gasteiger partial charge in [-0.2, -0.15) is 13.2 Å². The lowest BCUT2D eigenvalue weighted by Crippen LogP contribution is -2.13. The molecule has 2 unspecified atom stereocenters. The van der Waals surface area contributed by atoms with Crippen molar-refractivity contribution in [3.05, 3.63) is 107 Å². The molecule has 36 heavy (non-hydrogen) atoms. The summed E-state index contributed by atoms with van der Waals surface area (Å²) in [5.74, 6) is 0.460. The van der Waals surface area contributed by atoms with E-state index in [9.17, 15) is 18.0 Å². The Bertz CT molecular complexity index is 1210. The predicted octanol–water partition coefficient (Wildman–Crippen LogP) is 6.87. The molecule has 1 aliphatic carbocycles. The van der Waals surface area contributed by atoms with Gasteiger partial charge in [0.05, 0.1) is 30.7 Å². The quantitative estimate of drug-likeness (QED) is 0.302. The van der Waals surface area contributed by atoms with Gasteiger partial charge in [0.25, 0.3) is 0 Å². The van der Waals surface area contributed by atoms with Crippen LogP contribution in [0, 0.1) is 0 Å². The highest BCUT2D eigenvalue weighted by Crippen LogP contribution is 2.34. The minimum absolute atomic E-state index is 0.109. The van der Waals surface area contributed by atoms with Crippen molar-refractivity contribution in [1.29, 1.82) is 0 Å². The second-order valence-corrected chi connectivity index (χ2v) is 8.44. The number of rotatable bonds is 9. The van der Waals surface area contributed by atoms with Gasteiger partial charge in [-0.25, -0.2) is 0 Å². The Hall–Kier alpha value is -3.81. The van der Waals surface area contributed by atoms with Crippen molar-refractivity contribution in [2.24, 2.45) is 0 Å². The van der Waals surface area contributed by atoms with Crippen LogP contribution in [-0.4, -0.2) is 23.9 Å². The molecule has 3 aromatic rings. The largest absolute Gasteiger partial charge is 0.489 e. The van der Waals surface area contributed by atoms with Crippen LogP contribution in [0.3, 0.4) is 0 Å². The number of hydrogen-bond acceptors (Lipinski definition) is 5. The standard InChI is InChI=1S/C28H26F3NO4/c1-2-34-27(33)17-25(26-14-15-32-36-26)21-8-12-24(13-9-21)35-18-19-4-3-5-22(16-19)20-6-10-23(11-7-20)28(29,30)31/h3-6,8-16,20,25H,2,7,17-18H2,1H3. The molecule has 0 saturated carbocycles. The SMILES string of the molecule is CCOC(=O)CC(c1ccc(OCc2cccc(C3C=CC(C(F)(F)F)=CC3)c2)cc1)c1ccno1. The number of carbonyl (C=O) groups is 1. The summed E-state index contributed by atoms with van der Waals surface area (Å²) in [7, 11) is 0. The van der Waals surface area contributed by atoms with E-state index in [1.54, 1.807) is 19.1 Å². The first-order valence-corrected chi connectivity index (χ1v) is 11.7. The average Bonchev–Trinajstić information content (AvgIpc) is 3.41. The minimum atomic E-state index is -4.32. The Morgan fingerprint density at radius 1 is 1.17 bits per heavy atom. The van der Waals surface area contributed by atoms with Crippen molar-refractivity contribution in [3.8, 4) is 5.75 Å². The molecular weight excluding hydrogens is 471 g/mol. The van der Waals surface area contributed by atoms with Crippen LogP contribution in [0.2, 0.25) is 0 Å². The first kappa shape index (κ1) is 25.3. The van der Waals surface area contributed by atoms with Crippen molar-refractivity contribution in [1.82, 2.24) is 5.16 Å². The van der Waals surface area contributed by atoms with Gasteiger partial charge in [0.1, 0.15) is 18.1 Å². The molecule has 0 saturated heterocycles. The molecule has 0 aliphatic heterocycles. The molecule has 0 spiro atoms. The Labute approximate surface area is 207 Å². The molecule has 5 nitrogen and oxygen atoms in total. The molecule has 0 amide bonds. The van der Waals surface area contributed by atoms with Crippen LogP contribution < -0.4 is 4.74 Å². The maximum Gasteiger partial charge on any atom is 0.416 e. The molecule has 188 valence electrons. The highest BCUT2D eigenvalue weighted by molar-refractivity contribution is 5.71. The molecule has 1 heterocycles. The van der Waals surface area contributed by atoms with Crippen LogP contribution in [0.15, 0.2) is 89.1 Å². The number of nitrogens with zero attached hydrogens (tertiary/aromatic N) is 1. The zero-order valence-electron chi connectivity index (χ0n) is 19.7. The number of carbonyl (C=O) groups excluding carboxylic acids is 1. The number of esters is 1. The van der Waals surface area contributed by atoms with E-state index >= 15 is 0 Å². The van der Waals surface area contributed by atoms with Crippen molar-refractivity contribution in [2.45, 2.75) is 44.4 Å². The molecule has 0 bridgehead atoms. The number of halogens is 3. The summed E-state index contributed by atoms with van der Waals surface area (Å²) < 4.78 is 54.9. The van der Waals surface area contributed by atoms with E-state index in [2.05, 4.69) is 5.16 Å². The molecule has 2 aromatic carbocycles. The summed E-state index contributed by atoms with van der Waals surface area (Å²) in [6.45, 7) is 2.37. The van der Waals surface area contributed by atoms with Crippen molar-refractivity contribution in [3.63, 3.8) is 0 Å². The fraction of sp³-hybridized carbons (Fsp3) is 0.286. The van der Waals surface area contributed by atoms with E-state index in [1.165, 1.54) is 12.3 Å². The van der Waals surface area contributed by atoms with Crippen molar-refractivity contribution < 1.29 is 32.0 Å². The minimum Gasteiger partial charge on any atom is -0.489 e. The lowest BCUT2D eigenvalue weighted by atomic mass is 9.89. The zero-order valence-corrected chi connectivity index (χ0v) is 19.7. The summed E-state index contributed by atoms with van der Waals surface area (Å²) in [6, 6.07) is 16.8. The predicted molar refractivity (Wildman–Crippen MR) is 127 cm³/mol. The third kappa shape index (κ3) is 6.44. The number of benzene rings is 2. The van der Waals surface area contributed by atoms with Crippen molar-refractivity contribution in [2.75, 3.05) is 6.61 Å². The molecule has 8 heteroatoms. The molecule has 0 N–H and O–H groups in total. The van der Waals surface area contributed by atoms with Gasteiger partial charge in [-0.15, -0.1) is 0 Å². The van der Waals surface area contributed by atoms with Gasteiger partial charge in [-0.3, -0.25) is 4.79 Å². The van der Waals surface area contributed by atoms with Gasteiger partial charge in [-0.05, 0) is 42.2 Å². The Kier molecular flexibility index (Phi) is 7.93. The van der Waals surface area contributed by atoms with E-state index < -0.39 is 11.7 Å². The first-order valence-electron chi connectivity index (χ1n) is 11.7. The Morgan fingerprint density at radius 2 is 1.97 bits per heavy atom. The summed E-state index contributed by atoms with van der Waals surface area (Å²) in [5.41, 5.74) is 2.12. The van der Waals surface area contributed by atoms with Gasteiger partial charge in [0, 0.05) is 12.0 Å². The Balaban J connectivity index is 1.39. The molecule has 1 aliphatic rings. The van der Waals surface area contributed by atoms with Gasteiger partial charge >= 0.3 is 12.1 Å². The van der Waals surface area contributed by atoms with Gasteiger partial charge in [0.2, 0.25) is 0 Å². The Morgan fingerprint density at radius 3 is 2.61 bits per heavy atom. The monoisotopic (exact) mass is 497 g/mol. The third-order valence-corrected chi connectivity index (χ3v) is 5.97. The van der Waals surface area contributed by atoms with Crippen LogP contribution in [0.5, 0.6) is 5.75 Å². The number of hydrogen-bond donors (Lipinski definition) is 0. The van der Waals surface area contributed by atoms with E-state index in [0.29, 0.717) is 31.1 Å². The van der Waals surface area contributed by atoms with Crippen LogP contribution in [0.4, 0.5) is 13.2 Å². The van der Waals surface area contributed by atoms with Crippen molar-refractivity contribution >= 4 is 5.97 Å². The number of alkyl halides is 3. The highest BCUT2D eigenvalue weighted by Gasteiger charge is 2.33. The molecule has 0 radical (unpaired) electrons. The zero-order chi connectivity index (χ0) is 25.5. The lowest BCUT2D eigenvalue weighted by Gasteiger charge is -2.19. The lowest BCUT2D eigenvalue weighted by molar-refractivity contribution is -0.143. The number of aromatic nitrogens is 1. The normalized spacial score (nSPS) is 16.3. The fourth-order valence-corrected chi connectivity index (χ4v) is 4.13. The number of ether oxygens (including phenoxy) is 2. The molecule has 2 atom stereocenters. The second kappa shape index (κ2) is 11.3. The van der Waals surface area contributed by atoms with Crippen LogP contribution >= 0.6 is 0 Å². The molecule has 4 rings (SSSR count).